The summed E-state index contributed by atoms with van der Waals surface area (Å²) in [5, 5.41) is 0. The fourth-order valence-corrected chi connectivity index (χ4v) is 3.20. The lowest BCUT2D eigenvalue weighted by atomic mass is 9.99. The molecule has 3 heteroatoms. The van der Waals surface area contributed by atoms with Gasteiger partial charge < -0.3 is 4.55 Å². The highest BCUT2D eigenvalue weighted by Crippen LogP contribution is 2.42. The third-order valence-electron chi connectivity index (χ3n) is 4.22. The minimum Gasteiger partial charge on any atom is -0.768 e. The quantitative estimate of drug-likeness (QED) is 0.762. The van der Waals surface area contributed by atoms with Crippen molar-refractivity contribution < 1.29 is 8.76 Å². The van der Waals surface area contributed by atoms with Crippen LogP contribution < -0.4 is 0 Å². The van der Waals surface area contributed by atoms with E-state index in [0.717, 1.165) is 5.56 Å². The van der Waals surface area contributed by atoms with Crippen molar-refractivity contribution in [2.45, 2.75) is 25.7 Å². The highest BCUT2D eigenvalue weighted by molar-refractivity contribution is 7.79. The highest BCUT2D eigenvalue weighted by Gasteiger charge is 2.20. The van der Waals surface area contributed by atoms with Gasteiger partial charge in [0.2, 0.25) is 0 Å². The van der Waals surface area contributed by atoms with Crippen LogP contribution in [0.2, 0.25) is 0 Å². The molecule has 0 bridgehead atoms. The van der Waals surface area contributed by atoms with E-state index in [1.165, 1.54) is 33.4 Å². The van der Waals surface area contributed by atoms with Gasteiger partial charge in [-0.1, -0.05) is 35.9 Å². The second-order valence-electron chi connectivity index (χ2n) is 5.66. The Hall–Kier alpha value is -1.97. The Balaban J connectivity index is 2.07. The summed E-state index contributed by atoms with van der Waals surface area (Å²) < 4.78 is 21.8. The smallest absolute Gasteiger partial charge is 0.0249 e. The molecule has 0 aromatic heterocycles. The van der Waals surface area contributed by atoms with Crippen molar-refractivity contribution in [3.8, 4) is 0 Å². The Morgan fingerprint density at radius 3 is 2.23 bits per heavy atom. The van der Waals surface area contributed by atoms with Gasteiger partial charge in [-0.2, -0.15) is 0 Å². The molecule has 112 valence electrons. The number of aryl methyl sites for hydroxylation is 1. The standard InChI is InChI=1S/C19H18O2S/c1-12-4-9-17-18(10-12)13(2)14(3)19(17)11-15-5-7-16(8-6-15)22(20)21/h4-11H,1-3H3,(H,20,21)/p-1/b19-11-. The van der Waals surface area contributed by atoms with Gasteiger partial charge in [0, 0.05) is 4.90 Å². The van der Waals surface area contributed by atoms with Crippen LogP contribution in [-0.4, -0.2) is 8.76 Å². The number of fused-ring (bicyclic) bond motifs is 1. The second kappa shape index (κ2) is 5.67. The Morgan fingerprint density at radius 1 is 0.909 bits per heavy atom. The molecule has 0 saturated heterocycles. The highest BCUT2D eigenvalue weighted by atomic mass is 32.2. The van der Waals surface area contributed by atoms with Crippen LogP contribution in [-0.2, 0) is 11.1 Å². The topological polar surface area (TPSA) is 40.1 Å². The van der Waals surface area contributed by atoms with E-state index < -0.39 is 11.1 Å². The Kier molecular flexibility index (Phi) is 3.85. The molecule has 1 atom stereocenters. The van der Waals surface area contributed by atoms with E-state index in [2.05, 4.69) is 45.0 Å². The summed E-state index contributed by atoms with van der Waals surface area (Å²) in [7, 11) is 0. The summed E-state index contributed by atoms with van der Waals surface area (Å²) in [6.45, 7) is 6.39. The predicted molar refractivity (Wildman–Crippen MR) is 90.9 cm³/mol. The molecule has 0 heterocycles. The van der Waals surface area contributed by atoms with E-state index in [-0.39, 0.29) is 0 Å². The van der Waals surface area contributed by atoms with Gasteiger partial charge in [0.15, 0.2) is 0 Å². The summed E-state index contributed by atoms with van der Waals surface area (Å²) in [5.74, 6) is 0. The van der Waals surface area contributed by atoms with Crippen molar-refractivity contribution in [3.05, 3.63) is 70.3 Å². The lowest BCUT2D eigenvalue weighted by Crippen LogP contribution is -1.88. The zero-order valence-corrected chi connectivity index (χ0v) is 13.7. The molecule has 0 N–H and O–H groups in total. The molecule has 1 aliphatic carbocycles. The third-order valence-corrected chi connectivity index (χ3v) is 4.88. The monoisotopic (exact) mass is 309 g/mol. The maximum absolute atomic E-state index is 10.9. The van der Waals surface area contributed by atoms with Gasteiger partial charge in [-0.15, -0.1) is 0 Å². The van der Waals surface area contributed by atoms with Crippen LogP contribution in [0.4, 0.5) is 0 Å². The van der Waals surface area contributed by atoms with E-state index in [0.29, 0.717) is 4.90 Å². The third kappa shape index (κ3) is 2.58. The Labute approximate surface area is 133 Å². The van der Waals surface area contributed by atoms with Crippen LogP contribution in [0.1, 0.15) is 36.1 Å². The van der Waals surface area contributed by atoms with Crippen molar-refractivity contribution in [1.29, 1.82) is 0 Å². The van der Waals surface area contributed by atoms with Gasteiger partial charge in [0.25, 0.3) is 0 Å². The van der Waals surface area contributed by atoms with Crippen molar-refractivity contribution >= 4 is 28.3 Å². The fourth-order valence-electron chi connectivity index (χ4n) is 2.84. The van der Waals surface area contributed by atoms with E-state index in [9.17, 15) is 8.76 Å². The first-order valence-corrected chi connectivity index (χ1v) is 8.25. The maximum Gasteiger partial charge on any atom is 0.0249 e. The molecule has 0 aliphatic heterocycles. The Bertz CT molecular complexity index is 827. The van der Waals surface area contributed by atoms with E-state index in [1.807, 2.05) is 12.1 Å². The first kappa shape index (κ1) is 14.9. The van der Waals surface area contributed by atoms with Gasteiger partial charge >= 0.3 is 0 Å². The van der Waals surface area contributed by atoms with Gasteiger partial charge in [-0.25, -0.2) is 0 Å². The number of hydrogen-bond acceptors (Lipinski definition) is 2. The molecule has 2 aromatic carbocycles. The fraction of sp³-hybridized carbons (Fsp3) is 0.158. The van der Waals surface area contributed by atoms with Crippen molar-refractivity contribution in [3.63, 3.8) is 0 Å². The second-order valence-corrected chi connectivity index (χ2v) is 6.60. The van der Waals surface area contributed by atoms with E-state index in [1.54, 1.807) is 12.1 Å². The van der Waals surface area contributed by atoms with Crippen molar-refractivity contribution in [2.75, 3.05) is 0 Å². The van der Waals surface area contributed by atoms with E-state index in [4.69, 9.17) is 0 Å². The maximum atomic E-state index is 10.9. The largest absolute Gasteiger partial charge is 0.768 e. The van der Waals surface area contributed by atoms with Crippen molar-refractivity contribution in [2.24, 2.45) is 0 Å². The minimum atomic E-state index is -2.17. The molecular weight excluding hydrogens is 292 g/mol. The molecule has 2 aromatic rings. The van der Waals surface area contributed by atoms with Crippen molar-refractivity contribution in [1.82, 2.24) is 0 Å². The SMILES string of the molecule is CC1=C(C)c2cc(C)ccc2/C1=C\c1ccc(S(=O)[O-])cc1. The lowest BCUT2D eigenvalue weighted by Gasteiger charge is -2.07. The Morgan fingerprint density at radius 2 is 1.59 bits per heavy atom. The summed E-state index contributed by atoms with van der Waals surface area (Å²) in [4.78, 5) is 0.313. The molecule has 0 fully saturated rings. The summed E-state index contributed by atoms with van der Waals surface area (Å²) in [6.07, 6.45) is 2.12. The molecule has 1 unspecified atom stereocenters. The molecule has 0 amide bonds. The summed E-state index contributed by atoms with van der Waals surface area (Å²) in [5.41, 5.74) is 8.60. The predicted octanol–water partition coefficient (Wildman–Crippen LogP) is 4.58. The first-order chi connectivity index (χ1) is 10.5. The van der Waals surface area contributed by atoms with Crippen LogP contribution in [0.25, 0.3) is 17.2 Å². The van der Waals surface area contributed by atoms with Crippen LogP contribution in [0.15, 0.2) is 52.9 Å². The molecule has 2 nitrogen and oxygen atoms in total. The first-order valence-electron chi connectivity index (χ1n) is 7.17. The molecular formula is C19H17O2S-. The molecule has 0 radical (unpaired) electrons. The molecule has 1 aliphatic rings. The number of rotatable bonds is 2. The van der Waals surface area contributed by atoms with Crippen LogP contribution in [0.3, 0.4) is 0 Å². The summed E-state index contributed by atoms with van der Waals surface area (Å²) >= 11 is -2.17. The minimum absolute atomic E-state index is 0.313. The van der Waals surface area contributed by atoms with Gasteiger partial charge in [-0.05, 0) is 83.5 Å². The average molecular weight is 309 g/mol. The number of allylic oxidation sites excluding steroid dienone is 3. The molecule has 0 spiro atoms. The molecule has 0 saturated carbocycles. The molecule has 3 rings (SSSR count). The zero-order valence-electron chi connectivity index (χ0n) is 12.8. The number of hydrogen-bond donors (Lipinski definition) is 0. The van der Waals surface area contributed by atoms with Gasteiger partial charge in [-0.3, -0.25) is 4.21 Å². The van der Waals surface area contributed by atoms with Crippen LogP contribution >= 0.6 is 0 Å². The van der Waals surface area contributed by atoms with Crippen LogP contribution in [0, 0.1) is 6.92 Å². The lowest BCUT2D eigenvalue weighted by molar-refractivity contribution is 0.537. The normalized spacial score (nSPS) is 17.0. The summed E-state index contributed by atoms with van der Waals surface area (Å²) in [6, 6.07) is 13.5. The zero-order chi connectivity index (χ0) is 15.9. The average Bonchev–Trinajstić information content (AvgIpc) is 2.73. The van der Waals surface area contributed by atoms with Crippen LogP contribution in [0.5, 0.6) is 0 Å². The molecule has 22 heavy (non-hydrogen) atoms. The van der Waals surface area contributed by atoms with Gasteiger partial charge in [0.1, 0.15) is 0 Å². The number of benzene rings is 2. The van der Waals surface area contributed by atoms with E-state index >= 15 is 0 Å². The van der Waals surface area contributed by atoms with Gasteiger partial charge in [0.05, 0.1) is 0 Å².